The van der Waals surface area contributed by atoms with Gasteiger partial charge in [-0.2, -0.15) is 0 Å². The average molecular weight is 310 g/mol. The van der Waals surface area contributed by atoms with Crippen LogP contribution in [0.1, 0.15) is 39.2 Å². The monoisotopic (exact) mass is 310 g/mol. The first-order valence-electron chi connectivity index (χ1n) is 7.67. The summed E-state index contributed by atoms with van der Waals surface area (Å²) in [4.78, 5) is 0.358. The van der Waals surface area contributed by atoms with Gasteiger partial charge in [0.15, 0.2) is 0 Å². The van der Waals surface area contributed by atoms with Crippen LogP contribution in [0.3, 0.4) is 0 Å². The summed E-state index contributed by atoms with van der Waals surface area (Å²) < 4.78 is 27.9. The quantitative estimate of drug-likeness (QED) is 0.877. The van der Waals surface area contributed by atoms with Crippen molar-refractivity contribution < 1.29 is 8.42 Å². The van der Waals surface area contributed by atoms with E-state index in [2.05, 4.69) is 30.8 Å². The summed E-state index contributed by atoms with van der Waals surface area (Å²) in [7, 11) is -3.44. The Bertz CT molecular complexity index is 564. The Labute approximate surface area is 128 Å². The lowest BCUT2D eigenvalue weighted by atomic mass is 9.81. The van der Waals surface area contributed by atoms with Crippen LogP contribution in [-0.4, -0.2) is 27.5 Å². The number of hydrogen-bond acceptors (Lipinski definition) is 3. The first-order valence-corrected chi connectivity index (χ1v) is 9.15. The zero-order valence-corrected chi connectivity index (χ0v) is 14.0. The minimum atomic E-state index is -3.44. The van der Waals surface area contributed by atoms with Crippen LogP contribution in [0.15, 0.2) is 29.2 Å². The molecule has 0 aliphatic carbocycles. The molecule has 1 unspecified atom stereocenters. The molecule has 1 aromatic carbocycles. The minimum Gasteiger partial charge on any atom is -0.316 e. The van der Waals surface area contributed by atoms with Gasteiger partial charge in [-0.1, -0.05) is 39.3 Å². The fraction of sp³-hybridized carbons (Fsp3) is 0.625. The van der Waals surface area contributed by atoms with Crippen molar-refractivity contribution in [3.05, 3.63) is 29.8 Å². The van der Waals surface area contributed by atoms with Crippen molar-refractivity contribution in [3.8, 4) is 0 Å². The zero-order chi connectivity index (χ0) is 15.5. The third kappa shape index (κ3) is 4.05. The van der Waals surface area contributed by atoms with Gasteiger partial charge in [0.1, 0.15) is 0 Å². The predicted octanol–water partition coefficient (Wildman–Crippen LogP) is 2.31. The first kappa shape index (κ1) is 16.5. The number of rotatable bonds is 5. The maximum atomic E-state index is 12.5. The summed E-state index contributed by atoms with van der Waals surface area (Å²) in [6, 6.07) is 7.21. The van der Waals surface area contributed by atoms with Crippen LogP contribution >= 0.6 is 0 Å². The van der Waals surface area contributed by atoms with E-state index < -0.39 is 10.0 Å². The topological polar surface area (TPSA) is 58.2 Å². The van der Waals surface area contributed by atoms with Gasteiger partial charge in [0.05, 0.1) is 4.90 Å². The van der Waals surface area contributed by atoms with Crippen molar-refractivity contribution in [1.82, 2.24) is 10.0 Å². The van der Waals surface area contributed by atoms with Crippen molar-refractivity contribution >= 4 is 10.0 Å². The van der Waals surface area contributed by atoms with Crippen LogP contribution in [0.4, 0.5) is 0 Å². The highest BCUT2D eigenvalue weighted by atomic mass is 32.2. The number of hydrogen-bond donors (Lipinski definition) is 2. The van der Waals surface area contributed by atoms with Gasteiger partial charge in [0.2, 0.25) is 10.0 Å². The molecule has 0 spiro atoms. The fourth-order valence-electron chi connectivity index (χ4n) is 2.77. The lowest BCUT2D eigenvalue weighted by Gasteiger charge is -2.39. The second-order valence-electron chi connectivity index (χ2n) is 6.52. The molecule has 1 saturated heterocycles. The van der Waals surface area contributed by atoms with Crippen LogP contribution in [0.5, 0.6) is 0 Å². The molecule has 21 heavy (non-hydrogen) atoms. The zero-order valence-electron chi connectivity index (χ0n) is 13.1. The molecule has 2 rings (SSSR count). The molecule has 118 valence electrons. The van der Waals surface area contributed by atoms with E-state index in [1.807, 2.05) is 12.1 Å². The highest BCUT2D eigenvalue weighted by molar-refractivity contribution is 7.89. The van der Waals surface area contributed by atoms with Gasteiger partial charge in [-0.15, -0.1) is 0 Å². The molecule has 0 aromatic heterocycles. The maximum Gasteiger partial charge on any atom is 0.240 e. The molecule has 1 aliphatic heterocycles. The van der Waals surface area contributed by atoms with E-state index in [0.717, 1.165) is 32.4 Å². The molecule has 0 radical (unpaired) electrons. The Morgan fingerprint density at radius 1 is 1.29 bits per heavy atom. The van der Waals surface area contributed by atoms with Crippen LogP contribution in [0.25, 0.3) is 0 Å². The second-order valence-corrected chi connectivity index (χ2v) is 8.24. The first-order chi connectivity index (χ1) is 9.85. The van der Waals surface area contributed by atoms with E-state index in [1.165, 1.54) is 5.56 Å². The van der Waals surface area contributed by atoms with Gasteiger partial charge in [0, 0.05) is 12.6 Å². The van der Waals surface area contributed by atoms with Crippen molar-refractivity contribution in [2.24, 2.45) is 5.41 Å². The molecule has 0 amide bonds. The third-order valence-electron chi connectivity index (χ3n) is 4.20. The van der Waals surface area contributed by atoms with E-state index >= 15 is 0 Å². The van der Waals surface area contributed by atoms with Gasteiger partial charge >= 0.3 is 0 Å². The van der Waals surface area contributed by atoms with Crippen LogP contribution in [0.2, 0.25) is 0 Å². The highest BCUT2D eigenvalue weighted by Crippen LogP contribution is 2.26. The molecule has 1 aliphatic rings. The molecule has 2 N–H and O–H groups in total. The SMILES string of the molecule is CCCc1ccc(S(=O)(=O)NC2CCNCC2(C)C)cc1. The maximum absolute atomic E-state index is 12.5. The Kier molecular flexibility index (Phi) is 5.07. The molecule has 5 heteroatoms. The summed E-state index contributed by atoms with van der Waals surface area (Å²) >= 11 is 0. The Morgan fingerprint density at radius 3 is 2.52 bits per heavy atom. The van der Waals surface area contributed by atoms with E-state index in [9.17, 15) is 8.42 Å². The Hall–Kier alpha value is -0.910. The van der Waals surface area contributed by atoms with Crippen LogP contribution in [-0.2, 0) is 16.4 Å². The number of nitrogens with one attached hydrogen (secondary N) is 2. The molecular formula is C16H26N2O2S. The van der Waals surface area contributed by atoms with Gasteiger partial charge in [-0.05, 0) is 42.5 Å². The van der Waals surface area contributed by atoms with Gasteiger partial charge in [-0.25, -0.2) is 13.1 Å². The normalized spacial score (nSPS) is 22.1. The van der Waals surface area contributed by atoms with E-state index in [0.29, 0.717) is 4.90 Å². The number of piperidine rings is 1. The van der Waals surface area contributed by atoms with Gasteiger partial charge in [0.25, 0.3) is 0 Å². The van der Waals surface area contributed by atoms with E-state index in [-0.39, 0.29) is 11.5 Å². The van der Waals surface area contributed by atoms with Crippen molar-refractivity contribution in [1.29, 1.82) is 0 Å². The summed E-state index contributed by atoms with van der Waals surface area (Å²) in [5.41, 5.74) is 1.10. The Balaban J connectivity index is 2.14. The molecule has 1 fully saturated rings. The second kappa shape index (κ2) is 6.46. The summed E-state index contributed by atoms with van der Waals surface area (Å²) in [6.45, 7) is 7.99. The fourth-order valence-corrected chi connectivity index (χ4v) is 4.21. The Morgan fingerprint density at radius 2 is 1.95 bits per heavy atom. The largest absolute Gasteiger partial charge is 0.316 e. The minimum absolute atomic E-state index is 0.0286. The number of benzene rings is 1. The average Bonchev–Trinajstić information content (AvgIpc) is 2.42. The number of sulfonamides is 1. The van der Waals surface area contributed by atoms with Crippen LogP contribution in [0, 0.1) is 5.41 Å². The lowest BCUT2D eigenvalue weighted by Crippen LogP contribution is -2.54. The highest BCUT2D eigenvalue weighted by Gasteiger charge is 2.35. The molecule has 0 bridgehead atoms. The molecular weight excluding hydrogens is 284 g/mol. The standard InChI is InChI=1S/C16H26N2O2S/c1-4-5-13-6-8-14(9-7-13)21(19,20)18-15-10-11-17-12-16(15,2)3/h6-9,15,17-18H,4-5,10-12H2,1-3H3. The van der Waals surface area contributed by atoms with Gasteiger partial charge in [-0.3, -0.25) is 0 Å². The summed E-state index contributed by atoms with van der Waals surface area (Å²) in [5.74, 6) is 0. The van der Waals surface area contributed by atoms with E-state index in [4.69, 9.17) is 0 Å². The molecule has 0 saturated carbocycles. The predicted molar refractivity (Wildman–Crippen MR) is 85.8 cm³/mol. The van der Waals surface area contributed by atoms with E-state index in [1.54, 1.807) is 12.1 Å². The molecule has 1 atom stereocenters. The lowest BCUT2D eigenvalue weighted by molar-refractivity contribution is 0.206. The van der Waals surface area contributed by atoms with Crippen molar-refractivity contribution in [2.45, 2.75) is 51.0 Å². The molecule has 4 nitrogen and oxygen atoms in total. The number of aryl methyl sites for hydroxylation is 1. The van der Waals surface area contributed by atoms with Crippen molar-refractivity contribution in [3.63, 3.8) is 0 Å². The third-order valence-corrected chi connectivity index (χ3v) is 5.69. The smallest absolute Gasteiger partial charge is 0.240 e. The van der Waals surface area contributed by atoms with Crippen molar-refractivity contribution in [2.75, 3.05) is 13.1 Å². The summed E-state index contributed by atoms with van der Waals surface area (Å²) in [5, 5.41) is 3.32. The molecule has 1 heterocycles. The molecule has 1 aromatic rings. The summed E-state index contributed by atoms with van der Waals surface area (Å²) in [6.07, 6.45) is 2.86. The van der Waals surface area contributed by atoms with Gasteiger partial charge < -0.3 is 5.32 Å². The van der Waals surface area contributed by atoms with Crippen LogP contribution < -0.4 is 10.0 Å².